The van der Waals surface area contributed by atoms with Crippen molar-refractivity contribution in [3.05, 3.63) is 35.4 Å². The number of hydrogen-bond acceptors (Lipinski definition) is 3. The van der Waals surface area contributed by atoms with Gasteiger partial charge in [-0.15, -0.1) is 0 Å². The molecule has 0 aromatic heterocycles. The van der Waals surface area contributed by atoms with Gasteiger partial charge in [0.05, 0.1) is 5.60 Å². The van der Waals surface area contributed by atoms with Gasteiger partial charge in [0.15, 0.2) is 0 Å². The van der Waals surface area contributed by atoms with Crippen molar-refractivity contribution in [2.75, 3.05) is 26.4 Å². The van der Waals surface area contributed by atoms with E-state index in [1.807, 2.05) is 0 Å². The van der Waals surface area contributed by atoms with Crippen LogP contribution in [0.3, 0.4) is 0 Å². The summed E-state index contributed by atoms with van der Waals surface area (Å²) in [6, 6.07) is 9.48. The Balaban J connectivity index is 1.31. The quantitative estimate of drug-likeness (QED) is 0.927. The standard InChI is InChI=1S/C18H25NO2/c1-2-4-17-14(3-1)11-15(17)13-19-16-5-8-21-18(12-16)6-9-20-10-7-18/h1-4,15-16,19H,5-13H2. The van der Waals surface area contributed by atoms with Gasteiger partial charge in [-0.2, -0.15) is 0 Å². The molecule has 1 aliphatic carbocycles. The summed E-state index contributed by atoms with van der Waals surface area (Å²) in [5.41, 5.74) is 3.20. The molecule has 3 heteroatoms. The second-order valence-corrected chi connectivity index (χ2v) is 6.84. The van der Waals surface area contributed by atoms with Gasteiger partial charge >= 0.3 is 0 Å². The monoisotopic (exact) mass is 287 g/mol. The molecular weight excluding hydrogens is 262 g/mol. The molecule has 2 fully saturated rings. The van der Waals surface area contributed by atoms with E-state index in [4.69, 9.17) is 9.47 Å². The van der Waals surface area contributed by atoms with Crippen molar-refractivity contribution >= 4 is 0 Å². The van der Waals surface area contributed by atoms with Gasteiger partial charge in [0.1, 0.15) is 0 Å². The van der Waals surface area contributed by atoms with Crippen molar-refractivity contribution in [2.45, 2.75) is 49.7 Å². The number of fused-ring (bicyclic) bond motifs is 1. The van der Waals surface area contributed by atoms with Crippen molar-refractivity contribution in [2.24, 2.45) is 0 Å². The van der Waals surface area contributed by atoms with Crippen LogP contribution in [0.5, 0.6) is 0 Å². The molecule has 2 saturated heterocycles. The van der Waals surface area contributed by atoms with Gasteiger partial charge in [0, 0.05) is 38.3 Å². The highest BCUT2D eigenvalue weighted by Gasteiger charge is 2.39. The smallest absolute Gasteiger partial charge is 0.0741 e. The molecule has 114 valence electrons. The van der Waals surface area contributed by atoms with E-state index in [1.54, 1.807) is 5.56 Å². The van der Waals surface area contributed by atoms with Crippen LogP contribution >= 0.6 is 0 Å². The average molecular weight is 287 g/mol. The molecule has 0 amide bonds. The van der Waals surface area contributed by atoms with Gasteiger partial charge < -0.3 is 14.8 Å². The van der Waals surface area contributed by atoms with E-state index in [9.17, 15) is 0 Å². The molecule has 1 spiro atoms. The van der Waals surface area contributed by atoms with E-state index in [2.05, 4.69) is 29.6 Å². The minimum Gasteiger partial charge on any atom is -0.381 e. The van der Waals surface area contributed by atoms with Gasteiger partial charge in [-0.3, -0.25) is 0 Å². The van der Waals surface area contributed by atoms with Crippen LogP contribution in [-0.2, 0) is 15.9 Å². The van der Waals surface area contributed by atoms with Crippen LogP contribution in [0, 0.1) is 0 Å². The number of ether oxygens (including phenoxy) is 2. The van der Waals surface area contributed by atoms with Crippen LogP contribution in [0.1, 0.15) is 42.7 Å². The molecule has 1 aromatic carbocycles. The van der Waals surface area contributed by atoms with E-state index in [0.717, 1.165) is 58.0 Å². The van der Waals surface area contributed by atoms with Gasteiger partial charge in [0.25, 0.3) is 0 Å². The first-order valence-corrected chi connectivity index (χ1v) is 8.38. The largest absolute Gasteiger partial charge is 0.381 e. The van der Waals surface area contributed by atoms with E-state index < -0.39 is 0 Å². The van der Waals surface area contributed by atoms with E-state index in [-0.39, 0.29) is 5.60 Å². The Bertz CT molecular complexity index is 490. The lowest BCUT2D eigenvalue weighted by atomic mass is 9.77. The summed E-state index contributed by atoms with van der Waals surface area (Å²) in [6.07, 6.45) is 5.68. The Morgan fingerprint density at radius 3 is 2.86 bits per heavy atom. The predicted molar refractivity (Wildman–Crippen MR) is 82.6 cm³/mol. The Labute approximate surface area is 127 Å². The number of benzene rings is 1. The van der Waals surface area contributed by atoms with Crippen LogP contribution in [0.4, 0.5) is 0 Å². The third-order valence-electron chi connectivity index (χ3n) is 5.51. The van der Waals surface area contributed by atoms with Crippen LogP contribution < -0.4 is 5.32 Å². The summed E-state index contributed by atoms with van der Waals surface area (Å²) in [4.78, 5) is 0. The molecule has 3 nitrogen and oxygen atoms in total. The normalized spacial score (nSPS) is 30.7. The topological polar surface area (TPSA) is 30.5 Å². The average Bonchev–Trinajstić information content (AvgIpc) is 2.49. The van der Waals surface area contributed by atoms with Crippen molar-refractivity contribution in [1.82, 2.24) is 5.32 Å². The number of nitrogens with one attached hydrogen (secondary N) is 1. The first-order chi connectivity index (χ1) is 10.3. The lowest BCUT2D eigenvalue weighted by molar-refractivity contribution is -0.140. The summed E-state index contributed by atoms with van der Waals surface area (Å²) >= 11 is 0. The lowest BCUT2D eigenvalue weighted by Gasteiger charge is -2.44. The zero-order chi connectivity index (χ0) is 14.1. The summed E-state index contributed by atoms with van der Waals surface area (Å²) in [7, 11) is 0. The highest BCUT2D eigenvalue weighted by molar-refractivity contribution is 5.40. The van der Waals surface area contributed by atoms with Crippen molar-refractivity contribution in [1.29, 1.82) is 0 Å². The molecule has 2 atom stereocenters. The molecule has 2 heterocycles. The molecule has 3 aliphatic rings. The lowest BCUT2D eigenvalue weighted by Crippen LogP contribution is -2.50. The maximum absolute atomic E-state index is 6.12. The molecule has 0 bridgehead atoms. The minimum absolute atomic E-state index is 0.103. The van der Waals surface area contributed by atoms with Crippen molar-refractivity contribution < 1.29 is 9.47 Å². The van der Waals surface area contributed by atoms with Crippen LogP contribution in [0.2, 0.25) is 0 Å². The number of rotatable bonds is 3. The van der Waals surface area contributed by atoms with E-state index >= 15 is 0 Å². The second-order valence-electron chi connectivity index (χ2n) is 6.84. The molecular formula is C18H25NO2. The van der Waals surface area contributed by atoms with Gasteiger partial charge in [0.2, 0.25) is 0 Å². The van der Waals surface area contributed by atoms with Crippen LogP contribution in [0.25, 0.3) is 0 Å². The Hall–Kier alpha value is -0.900. The summed E-state index contributed by atoms with van der Waals surface area (Å²) in [5, 5.41) is 3.82. The van der Waals surface area contributed by atoms with Gasteiger partial charge in [-0.05, 0) is 43.2 Å². The number of hydrogen-bond donors (Lipinski definition) is 1. The Morgan fingerprint density at radius 2 is 2.00 bits per heavy atom. The fourth-order valence-electron chi connectivity index (χ4n) is 4.15. The van der Waals surface area contributed by atoms with Crippen LogP contribution in [0.15, 0.2) is 24.3 Å². The minimum atomic E-state index is 0.103. The zero-order valence-corrected chi connectivity index (χ0v) is 12.6. The Kier molecular flexibility index (Phi) is 3.74. The molecule has 1 aromatic rings. The first-order valence-electron chi connectivity index (χ1n) is 8.38. The molecule has 4 rings (SSSR count). The first kappa shape index (κ1) is 13.7. The summed E-state index contributed by atoms with van der Waals surface area (Å²) in [6.45, 7) is 3.75. The molecule has 1 N–H and O–H groups in total. The third kappa shape index (κ3) is 2.75. The summed E-state index contributed by atoms with van der Waals surface area (Å²) < 4.78 is 11.6. The fourth-order valence-corrected chi connectivity index (χ4v) is 4.15. The molecule has 2 aliphatic heterocycles. The predicted octanol–water partition coefficient (Wildman–Crippen LogP) is 2.64. The molecule has 0 saturated carbocycles. The van der Waals surface area contributed by atoms with E-state index in [1.165, 1.54) is 12.0 Å². The van der Waals surface area contributed by atoms with Gasteiger partial charge in [-0.1, -0.05) is 24.3 Å². The van der Waals surface area contributed by atoms with Crippen molar-refractivity contribution in [3.63, 3.8) is 0 Å². The highest BCUT2D eigenvalue weighted by atomic mass is 16.5. The SMILES string of the molecule is c1ccc2c(c1)CC2CNC1CCOC2(CCOCC2)C1. The van der Waals surface area contributed by atoms with Gasteiger partial charge in [-0.25, -0.2) is 0 Å². The maximum atomic E-state index is 6.12. The molecule has 21 heavy (non-hydrogen) atoms. The second kappa shape index (κ2) is 5.71. The summed E-state index contributed by atoms with van der Waals surface area (Å²) in [5.74, 6) is 0.717. The maximum Gasteiger partial charge on any atom is 0.0741 e. The van der Waals surface area contributed by atoms with Crippen molar-refractivity contribution in [3.8, 4) is 0 Å². The highest BCUT2D eigenvalue weighted by Crippen LogP contribution is 2.36. The third-order valence-corrected chi connectivity index (χ3v) is 5.51. The fraction of sp³-hybridized carbons (Fsp3) is 0.667. The van der Waals surface area contributed by atoms with E-state index in [0.29, 0.717) is 6.04 Å². The zero-order valence-electron chi connectivity index (χ0n) is 12.6. The molecule has 2 unspecified atom stereocenters. The Morgan fingerprint density at radius 1 is 1.14 bits per heavy atom. The van der Waals surface area contributed by atoms with Crippen LogP contribution in [-0.4, -0.2) is 38.0 Å². The molecule has 0 radical (unpaired) electrons.